The van der Waals surface area contributed by atoms with Crippen LogP contribution in [-0.4, -0.2) is 12.2 Å². The Labute approximate surface area is 119 Å². The zero-order valence-electron chi connectivity index (χ0n) is 12.3. The van der Waals surface area contributed by atoms with Gasteiger partial charge in [0.15, 0.2) is 0 Å². The van der Waals surface area contributed by atoms with Crippen LogP contribution in [0.15, 0.2) is 36.4 Å². The zero-order chi connectivity index (χ0) is 14.9. The molecule has 0 aromatic heterocycles. The fraction of sp³-hybridized carbons (Fsp3) is 0.294. The normalized spacial score (nSPS) is 12.3. The molecule has 2 aromatic carbocycles. The zero-order valence-corrected chi connectivity index (χ0v) is 12.3. The van der Waals surface area contributed by atoms with E-state index in [1.165, 1.54) is 6.07 Å². The number of nitrogens with zero attached hydrogens (tertiary/aromatic N) is 1. The molecule has 2 nitrogen and oxygen atoms in total. The molecule has 20 heavy (non-hydrogen) atoms. The van der Waals surface area contributed by atoms with Gasteiger partial charge < -0.3 is 10.0 Å². The van der Waals surface area contributed by atoms with E-state index in [1.807, 2.05) is 37.1 Å². The summed E-state index contributed by atoms with van der Waals surface area (Å²) >= 11 is 0. The van der Waals surface area contributed by atoms with E-state index in [0.717, 1.165) is 16.9 Å². The van der Waals surface area contributed by atoms with E-state index in [1.54, 1.807) is 19.9 Å². The standard InChI is InChI=1S/C17H20FNO/c1-11-6-5-7-14(8-11)19(4)17-9-12(2)16(18)10-15(17)13(3)20/h5-10,13,20H,1-4H3. The van der Waals surface area contributed by atoms with Gasteiger partial charge in [0.05, 0.1) is 6.10 Å². The highest BCUT2D eigenvalue weighted by Crippen LogP contribution is 2.33. The summed E-state index contributed by atoms with van der Waals surface area (Å²) in [6.07, 6.45) is -0.715. The minimum absolute atomic E-state index is 0.290. The van der Waals surface area contributed by atoms with Crippen molar-refractivity contribution in [1.82, 2.24) is 0 Å². The van der Waals surface area contributed by atoms with Crippen LogP contribution in [0.5, 0.6) is 0 Å². The lowest BCUT2D eigenvalue weighted by Gasteiger charge is -2.25. The lowest BCUT2D eigenvalue weighted by Crippen LogP contribution is -2.14. The summed E-state index contributed by atoms with van der Waals surface area (Å²) in [4.78, 5) is 1.97. The number of aryl methyl sites for hydroxylation is 2. The lowest BCUT2D eigenvalue weighted by molar-refractivity contribution is 0.199. The smallest absolute Gasteiger partial charge is 0.126 e. The molecule has 0 heterocycles. The average Bonchev–Trinajstić information content (AvgIpc) is 2.40. The van der Waals surface area contributed by atoms with E-state index in [2.05, 4.69) is 6.07 Å². The van der Waals surface area contributed by atoms with Crippen molar-refractivity contribution < 1.29 is 9.50 Å². The largest absolute Gasteiger partial charge is 0.389 e. The van der Waals surface area contributed by atoms with Crippen molar-refractivity contribution in [2.24, 2.45) is 0 Å². The van der Waals surface area contributed by atoms with Gasteiger partial charge in [0, 0.05) is 24.0 Å². The summed E-state index contributed by atoms with van der Waals surface area (Å²) in [5.41, 5.74) is 4.16. The van der Waals surface area contributed by atoms with Crippen LogP contribution >= 0.6 is 0 Å². The van der Waals surface area contributed by atoms with Crippen molar-refractivity contribution in [2.45, 2.75) is 26.9 Å². The Balaban J connectivity index is 2.53. The summed E-state index contributed by atoms with van der Waals surface area (Å²) in [5.74, 6) is -0.290. The molecule has 0 radical (unpaired) electrons. The highest BCUT2D eigenvalue weighted by Gasteiger charge is 2.16. The molecule has 0 saturated carbocycles. The van der Waals surface area contributed by atoms with E-state index in [-0.39, 0.29) is 5.82 Å². The molecule has 2 rings (SSSR count). The number of hydrogen-bond acceptors (Lipinski definition) is 2. The maximum atomic E-state index is 13.7. The molecular formula is C17H20FNO. The van der Waals surface area contributed by atoms with Crippen molar-refractivity contribution in [3.63, 3.8) is 0 Å². The molecule has 0 aliphatic rings. The Morgan fingerprint density at radius 2 is 1.85 bits per heavy atom. The van der Waals surface area contributed by atoms with Crippen LogP contribution in [0.2, 0.25) is 0 Å². The predicted octanol–water partition coefficient (Wildman–Crippen LogP) is 4.26. The molecule has 0 spiro atoms. The molecule has 0 saturated heterocycles. The number of aliphatic hydroxyl groups excluding tert-OH is 1. The monoisotopic (exact) mass is 273 g/mol. The Hall–Kier alpha value is -1.87. The number of rotatable bonds is 3. The van der Waals surface area contributed by atoms with Gasteiger partial charge in [-0.2, -0.15) is 0 Å². The summed E-state index contributed by atoms with van der Waals surface area (Å²) in [7, 11) is 1.92. The van der Waals surface area contributed by atoms with E-state index in [4.69, 9.17) is 0 Å². The molecular weight excluding hydrogens is 253 g/mol. The van der Waals surface area contributed by atoms with Crippen LogP contribution in [0.3, 0.4) is 0 Å². The van der Waals surface area contributed by atoms with Gasteiger partial charge in [0.1, 0.15) is 5.82 Å². The topological polar surface area (TPSA) is 23.5 Å². The summed E-state index contributed by atoms with van der Waals surface area (Å²) in [6.45, 7) is 5.41. The van der Waals surface area contributed by atoms with Gasteiger partial charge in [-0.25, -0.2) is 4.39 Å². The number of anilines is 2. The molecule has 1 N–H and O–H groups in total. The third kappa shape index (κ3) is 2.83. The van der Waals surface area contributed by atoms with Gasteiger partial charge in [-0.15, -0.1) is 0 Å². The van der Waals surface area contributed by atoms with E-state index in [0.29, 0.717) is 11.1 Å². The molecule has 3 heteroatoms. The van der Waals surface area contributed by atoms with Gasteiger partial charge in [-0.05, 0) is 56.2 Å². The SMILES string of the molecule is Cc1cccc(N(C)c2cc(C)c(F)cc2C(C)O)c1. The van der Waals surface area contributed by atoms with Crippen molar-refractivity contribution in [3.8, 4) is 0 Å². The van der Waals surface area contributed by atoms with Gasteiger partial charge in [0.25, 0.3) is 0 Å². The van der Waals surface area contributed by atoms with Crippen LogP contribution < -0.4 is 4.90 Å². The fourth-order valence-corrected chi connectivity index (χ4v) is 2.28. The Bertz CT molecular complexity index is 622. The van der Waals surface area contributed by atoms with Crippen LogP contribution in [0.1, 0.15) is 29.7 Å². The van der Waals surface area contributed by atoms with Gasteiger partial charge in [-0.1, -0.05) is 12.1 Å². The molecule has 0 bridgehead atoms. The second-order valence-corrected chi connectivity index (χ2v) is 5.23. The quantitative estimate of drug-likeness (QED) is 0.903. The van der Waals surface area contributed by atoms with Crippen LogP contribution in [0.4, 0.5) is 15.8 Å². The average molecular weight is 273 g/mol. The number of benzene rings is 2. The molecule has 0 fully saturated rings. The molecule has 0 aliphatic carbocycles. The predicted molar refractivity (Wildman–Crippen MR) is 81.0 cm³/mol. The molecule has 2 aromatic rings. The van der Waals surface area contributed by atoms with Crippen molar-refractivity contribution in [1.29, 1.82) is 0 Å². The first-order valence-corrected chi connectivity index (χ1v) is 6.68. The Morgan fingerprint density at radius 3 is 2.45 bits per heavy atom. The number of halogens is 1. The lowest BCUT2D eigenvalue weighted by atomic mass is 10.0. The van der Waals surface area contributed by atoms with Gasteiger partial charge in [0.2, 0.25) is 0 Å². The first-order valence-electron chi connectivity index (χ1n) is 6.68. The highest BCUT2D eigenvalue weighted by atomic mass is 19.1. The minimum Gasteiger partial charge on any atom is -0.389 e. The van der Waals surface area contributed by atoms with Crippen molar-refractivity contribution in [3.05, 3.63) is 58.9 Å². The highest BCUT2D eigenvalue weighted by molar-refractivity contribution is 5.67. The van der Waals surface area contributed by atoms with Gasteiger partial charge >= 0.3 is 0 Å². The maximum Gasteiger partial charge on any atom is 0.126 e. The maximum absolute atomic E-state index is 13.7. The minimum atomic E-state index is -0.715. The second kappa shape index (κ2) is 5.63. The van der Waals surface area contributed by atoms with Crippen LogP contribution in [0, 0.1) is 19.7 Å². The third-order valence-electron chi connectivity index (χ3n) is 3.51. The van der Waals surface area contributed by atoms with Crippen molar-refractivity contribution >= 4 is 11.4 Å². The first kappa shape index (κ1) is 14.5. The van der Waals surface area contributed by atoms with E-state index in [9.17, 15) is 9.50 Å². The summed E-state index contributed by atoms with van der Waals surface area (Å²) in [5, 5.41) is 9.88. The molecule has 1 unspecified atom stereocenters. The Kier molecular flexibility index (Phi) is 4.09. The summed E-state index contributed by atoms with van der Waals surface area (Å²) < 4.78 is 13.7. The Morgan fingerprint density at radius 1 is 1.15 bits per heavy atom. The molecule has 1 atom stereocenters. The summed E-state index contributed by atoms with van der Waals surface area (Å²) in [6, 6.07) is 11.3. The molecule has 0 amide bonds. The van der Waals surface area contributed by atoms with Gasteiger partial charge in [-0.3, -0.25) is 0 Å². The van der Waals surface area contributed by atoms with E-state index >= 15 is 0 Å². The first-order chi connectivity index (χ1) is 9.40. The van der Waals surface area contributed by atoms with Crippen LogP contribution in [-0.2, 0) is 0 Å². The third-order valence-corrected chi connectivity index (χ3v) is 3.51. The molecule has 106 valence electrons. The number of hydrogen-bond donors (Lipinski definition) is 1. The number of aliphatic hydroxyl groups is 1. The van der Waals surface area contributed by atoms with Crippen LogP contribution in [0.25, 0.3) is 0 Å². The van der Waals surface area contributed by atoms with E-state index < -0.39 is 6.10 Å². The molecule has 0 aliphatic heterocycles. The second-order valence-electron chi connectivity index (χ2n) is 5.23. The van der Waals surface area contributed by atoms with Crippen molar-refractivity contribution in [2.75, 3.05) is 11.9 Å². The fourth-order valence-electron chi connectivity index (χ4n) is 2.28.